The van der Waals surface area contributed by atoms with Crippen LogP contribution in [0, 0.1) is 5.82 Å². The summed E-state index contributed by atoms with van der Waals surface area (Å²) in [6, 6.07) is 10.0. The molecule has 2 aromatic heterocycles. The van der Waals surface area contributed by atoms with Gasteiger partial charge in [0.15, 0.2) is 0 Å². The van der Waals surface area contributed by atoms with E-state index in [0.717, 1.165) is 5.52 Å². The molecule has 0 aliphatic heterocycles. The molecule has 2 heterocycles. The standard InChI is InChI=1S/C13H10FN3OS/c1-19(18)13-15-8-9-6-7-12(17(9)16-13)10-4-2-3-5-11(10)14/h2-8H,1H3. The summed E-state index contributed by atoms with van der Waals surface area (Å²) in [7, 11) is 0. The van der Waals surface area contributed by atoms with Crippen LogP contribution in [-0.4, -0.2) is 25.4 Å². The summed E-state index contributed by atoms with van der Waals surface area (Å²) in [5, 5.41) is 4.41. The minimum absolute atomic E-state index is 0.223. The molecule has 6 heteroatoms. The van der Waals surface area contributed by atoms with Crippen molar-refractivity contribution in [1.29, 1.82) is 0 Å². The smallest absolute Gasteiger partial charge is 0.359 e. The molecule has 0 saturated carbocycles. The lowest BCUT2D eigenvalue weighted by atomic mass is 10.1. The van der Waals surface area contributed by atoms with Gasteiger partial charge in [0.25, 0.3) is 0 Å². The van der Waals surface area contributed by atoms with Crippen molar-refractivity contribution in [3.05, 3.63) is 48.4 Å². The van der Waals surface area contributed by atoms with E-state index in [9.17, 15) is 8.94 Å². The highest BCUT2D eigenvalue weighted by molar-refractivity contribution is 7.90. The van der Waals surface area contributed by atoms with Crippen molar-refractivity contribution in [2.45, 2.75) is 5.16 Å². The first kappa shape index (κ1) is 12.1. The van der Waals surface area contributed by atoms with Crippen LogP contribution in [0.1, 0.15) is 0 Å². The molecule has 4 nitrogen and oxygen atoms in total. The quantitative estimate of drug-likeness (QED) is 0.674. The summed E-state index contributed by atoms with van der Waals surface area (Å²) >= 11 is -1.28. The predicted octanol–water partition coefficient (Wildman–Crippen LogP) is 2.27. The Balaban J connectivity index is 2.25. The summed E-state index contributed by atoms with van der Waals surface area (Å²) in [4.78, 5) is 4.01. The van der Waals surface area contributed by atoms with Gasteiger partial charge in [0.1, 0.15) is 12.1 Å². The third-order valence-corrected chi connectivity index (χ3v) is 3.49. The van der Waals surface area contributed by atoms with Crippen molar-refractivity contribution >= 4 is 16.7 Å². The second kappa shape index (κ2) is 4.64. The van der Waals surface area contributed by atoms with Gasteiger partial charge in [-0.1, -0.05) is 17.2 Å². The van der Waals surface area contributed by atoms with E-state index >= 15 is 0 Å². The van der Waals surface area contributed by atoms with Crippen LogP contribution in [0.25, 0.3) is 16.8 Å². The lowest BCUT2D eigenvalue weighted by Crippen LogP contribution is -2.08. The number of rotatable bonds is 2. The second-order valence-electron chi connectivity index (χ2n) is 4.03. The molecule has 3 rings (SSSR count). The second-order valence-corrected chi connectivity index (χ2v) is 5.30. The van der Waals surface area contributed by atoms with Crippen LogP contribution in [-0.2, 0) is 11.2 Å². The molecule has 3 aromatic rings. The van der Waals surface area contributed by atoms with E-state index in [2.05, 4.69) is 10.1 Å². The van der Waals surface area contributed by atoms with Gasteiger partial charge in [-0.05, 0) is 24.3 Å². The van der Waals surface area contributed by atoms with Gasteiger partial charge in [-0.25, -0.2) is 8.91 Å². The molecule has 1 unspecified atom stereocenters. The van der Waals surface area contributed by atoms with Crippen LogP contribution in [0.4, 0.5) is 4.39 Å². The Morgan fingerprint density at radius 1 is 1.21 bits per heavy atom. The average molecular weight is 275 g/mol. The third kappa shape index (κ3) is 2.09. The van der Waals surface area contributed by atoms with E-state index in [1.54, 1.807) is 41.0 Å². The van der Waals surface area contributed by atoms with Crippen LogP contribution < -0.4 is 0 Å². The van der Waals surface area contributed by atoms with E-state index in [1.165, 1.54) is 12.3 Å². The predicted molar refractivity (Wildman–Crippen MR) is 70.7 cm³/mol. The van der Waals surface area contributed by atoms with Gasteiger partial charge >= 0.3 is 5.16 Å². The summed E-state index contributed by atoms with van der Waals surface area (Å²) in [6.07, 6.45) is 3.08. The highest BCUT2D eigenvalue weighted by atomic mass is 32.2. The zero-order chi connectivity index (χ0) is 13.4. The number of hydrogen-bond donors (Lipinski definition) is 0. The number of aromatic nitrogens is 3. The minimum atomic E-state index is -1.28. The van der Waals surface area contributed by atoms with Crippen molar-refractivity contribution in [3.63, 3.8) is 0 Å². The lowest BCUT2D eigenvalue weighted by molar-refractivity contribution is 0.586. The molecule has 0 amide bonds. The third-order valence-electron chi connectivity index (χ3n) is 2.78. The maximum Gasteiger partial charge on any atom is 0.359 e. The molecule has 0 aliphatic rings. The zero-order valence-electron chi connectivity index (χ0n) is 10.1. The van der Waals surface area contributed by atoms with E-state index < -0.39 is 11.2 Å². The largest absolute Gasteiger partial charge is 0.609 e. The van der Waals surface area contributed by atoms with Crippen molar-refractivity contribution in [3.8, 4) is 11.3 Å². The molecule has 0 spiro atoms. The van der Waals surface area contributed by atoms with E-state index in [0.29, 0.717) is 11.3 Å². The van der Waals surface area contributed by atoms with Gasteiger partial charge < -0.3 is 4.55 Å². The Kier molecular flexibility index (Phi) is 2.96. The summed E-state index contributed by atoms with van der Waals surface area (Å²) in [5.74, 6) is -0.319. The molecule has 0 saturated heterocycles. The molecule has 0 bridgehead atoms. The first-order valence-electron chi connectivity index (χ1n) is 5.60. The lowest BCUT2D eigenvalue weighted by Gasteiger charge is -2.05. The molecular formula is C13H10FN3OS. The summed E-state index contributed by atoms with van der Waals surface area (Å²) in [5.41, 5.74) is 1.80. The highest BCUT2D eigenvalue weighted by Gasteiger charge is 2.14. The number of fused-ring (bicyclic) bond motifs is 1. The van der Waals surface area contributed by atoms with Gasteiger partial charge in [-0.3, -0.25) is 0 Å². The van der Waals surface area contributed by atoms with Crippen molar-refractivity contribution in [1.82, 2.24) is 14.6 Å². The SMILES string of the molecule is C[S+]([O-])c1ncc2ccc(-c3ccccc3F)n2n1. The van der Waals surface area contributed by atoms with Crippen LogP contribution >= 0.6 is 0 Å². The van der Waals surface area contributed by atoms with Gasteiger partial charge in [-0.2, -0.15) is 4.98 Å². The van der Waals surface area contributed by atoms with E-state index in [1.807, 2.05) is 0 Å². The Bertz CT molecular complexity index is 742. The molecule has 0 radical (unpaired) electrons. The fraction of sp³-hybridized carbons (Fsp3) is 0.0769. The van der Waals surface area contributed by atoms with Gasteiger partial charge in [0.05, 0.1) is 17.4 Å². The van der Waals surface area contributed by atoms with Gasteiger partial charge in [-0.15, -0.1) is 0 Å². The Hall–Kier alpha value is -1.92. The number of nitrogens with zero attached hydrogens (tertiary/aromatic N) is 3. The first-order chi connectivity index (χ1) is 9.16. The molecule has 19 heavy (non-hydrogen) atoms. The number of benzene rings is 1. The molecule has 1 atom stereocenters. The Morgan fingerprint density at radius 2 is 2.00 bits per heavy atom. The van der Waals surface area contributed by atoms with Crippen LogP contribution in [0.2, 0.25) is 0 Å². The maximum atomic E-state index is 13.8. The number of halogens is 1. The molecule has 1 aromatic carbocycles. The van der Waals surface area contributed by atoms with Gasteiger partial charge in [0.2, 0.25) is 0 Å². The molecule has 0 N–H and O–H groups in total. The monoisotopic (exact) mass is 275 g/mol. The van der Waals surface area contributed by atoms with Crippen molar-refractivity contribution < 1.29 is 8.94 Å². The topological polar surface area (TPSA) is 53.2 Å². The fourth-order valence-corrected chi connectivity index (χ4v) is 2.29. The molecule has 0 fully saturated rings. The normalized spacial score (nSPS) is 12.8. The van der Waals surface area contributed by atoms with Crippen molar-refractivity contribution in [2.24, 2.45) is 0 Å². The average Bonchev–Trinajstić information content (AvgIpc) is 2.82. The summed E-state index contributed by atoms with van der Waals surface area (Å²) < 4.78 is 26.8. The highest BCUT2D eigenvalue weighted by Crippen LogP contribution is 2.24. The Labute approximate surface area is 112 Å². The molecule has 96 valence electrons. The van der Waals surface area contributed by atoms with Crippen LogP contribution in [0.5, 0.6) is 0 Å². The van der Waals surface area contributed by atoms with Crippen LogP contribution in [0.15, 0.2) is 47.8 Å². The van der Waals surface area contributed by atoms with E-state index in [4.69, 9.17) is 0 Å². The first-order valence-corrected chi connectivity index (χ1v) is 7.16. The van der Waals surface area contributed by atoms with Crippen molar-refractivity contribution in [2.75, 3.05) is 6.26 Å². The zero-order valence-corrected chi connectivity index (χ0v) is 10.9. The van der Waals surface area contributed by atoms with Crippen LogP contribution in [0.3, 0.4) is 0 Å². The molecule has 0 aliphatic carbocycles. The molecular weight excluding hydrogens is 265 g/mol. The minimum Gasteiger partial charge on any atom is -0.609 e. The fourth-order valence-electron chi connectivity index (χ4n) is 1.89. The Morgan fingerprint density at radius 3 is 2.74 bits per heavy atom. The number of hydrogen-bond acceptors (Lipinski definition) is 3. The van der Waals surface area contributed by atoms with Gasteiger partial charge in [0, 0.05) is 16.7 Å². The summed E-state index contributed by atoms with van der Waals surface area (Å²) in [6.45, 7) is 0. The maximum absolute atomic E-state index is 13.8. The van der Waals surface area contributed by atoms with E-state index in [-0.39, 0.29) is 11.0 Å².